The Kier molecular flexibility index (Phi) is 6.04. The molecule has 2 rings (SSSR count). The Labute approximate surface area is 85.8 Å². The molecule has 0 spiro atoms. The highest BCUT2D eigenvalue weighted by molar-refractivity contribution is 5.13. The minimum atomic E-state index is 0.778. The highest BCUT2D eigenvalue weighted by Crippen LogP contribution is 1.96. The van der Waals surface area contributed by atoms with E-state index in [0.717, 1.165) is 32.8 Å². The fourth-order valence-corrected chi connectivity index (χ4v) is 1.15. The molecule has 0 radical (unpaired) electrons. The van der Waals surface area contributed by atoms with Crippen LogP contribution in [0.4, 0.5) is 0 Å². The summed E-state index contributed by atoms with van der Waals surface area (Å²) in [6.45, 7) is 5.27. The van der Waals surface area contributed by atoms with Crippen molar-refractivity contribution in [2.45, 2.75) is 13.3 Å². The lowest BCUT2D eigenvalue weighted by atomic mass is 10.2. The molecular weight excluding hydrogens is 176 g/mol. The Bertz CT molecular complexity index is 206. The monoisotopic (exact) mass is 194 g/mol. The highest BCUT2D eigenvalue weighted by Gasteiger charge is 1.94. The first-order valence-corrected chi connectivity index (χ1v) is 5.13. The second kappa shape index (κ2) is 7.54. The van der Waals surface area contributed by atoms with E-state index >= 15 is 0 Å². The summed E-state index contributed by atoms with van der Waals surface area (Å²) in [5.74, 6) is 0. The quantitative estimate of drug-likeness (QED) is 0.683. The molecule has 1 saturated heterocycles. The van der Waals surface area contributed by atoms with Gasteiger partial charge >= 0.3 is 0 Å². The minimum Gasteiger partial charge on any atom is -0.377 e. The zero-order valence-electron chi connectivity index (χ0n) is 8.74. The molecule has 0 unspecified atom stereocenters. The van der Waals surface area contributed by atoms with Crippen molar-refractivity contribution < 1.29 is 9.47 Å². The van der Waals surface area contributed by atoms with Gasteiger partial charge in [0.1, 0.15) is 0 Å². The van der Waals surface area contributed by atoms with Gasteiger partial charge in [-0.2, -0.15) is 0 Å². The van der Waals surface area contributed by atoms with Crippen molar-refractivity contribution in [1.29, 1.82) is 0 Å². The molecule has 1 fully saturated rings. The van der Waals surface area contributed by atoms with Crippen molar-refractivity contribution in [1.82, 2.24) is 0 Å². The first kappa shape index (κ1) is 11.2. The molecule has 0 amide bonds. The van der Waals surface area contributed by atoms with E-state index in [-0.39, 0.29) is 0 Å². The lowest BCUT2D eigenvalue weighted by molar-refractivity contribution is -0.0334. The Balaban J connectivity index is 0.000000146. The van der Waals surface area contributed by atoms with Gasteiger partial charge in [-0.1, -0.05) is 37.3 Å². The van der Waals surface area contributed by atoms with E-state index in [9.17, 15) is 0 Å². The van der Waals surface area contributed by atoms with Gasteiger partial charge in [-0.05, 0) is 12.0 Å². The van der Waals surface area contributed by atoms with Gasteiger partial charge < -0.3 is 9.47 Å². The number of rotatable bonds is 1. The van der Waals surface area contributed by atoms with E-state index in [2.05, 4.69) is 31.2 Å². The van der Waals surface area contributed by atoms with Gasteiger partial charge in [0.2, 0.25) is 0 Å². The molecule has 1 aromatic carbocycles. The maximum absolute atomic E-state index is 4.94. The van der Waals surface area contributed by atoms with Gasteiger partial charge in [-0.3, -0.25) is 0 Å². The molecular formula is C12H18O2. The zero-order valence-corrected chi connectivity index (χ0v) is 8.74. The van der Waals surface area contributed by atoms with Crippen LogP contribution in [0.15, 0.2) is 30.3 Å². The van der Waals surface area contributed by atoms with E-state index in [1.54, 1.807) is 0 Å². The van der Waals surface area contributed by atoms with Crippen LogP contribution in [0.5, 0.6) is 0 Å². The third-order valence-electron chi connectivity index (χ3n) is 2.00. The zero-order chi connectivity index (χ0) is 10.1. The van der Waals surface area contributed by atoms with E-state index in [0.29, 0.717) is 0 Å². The molecule has 14 heavy (non-hydrogen) atoms. The molecule has 2 heteroatoms. The molecule has 2 nitrogen and oxygen atoms in total. The first-order valence-electron chi connectivity index (χ1n) is 5.13. The van der Waals surface area contributed by atoms with Gasteiger partial charge in [-0.25, -0.2) is 0 Å². The summed E-state index contributed by atoms with van der Waals surface area (Å²) >= 11 is 0. The Morgan fingerprint density at radius 1 is 0.929 bits per heavy atom. The molecule has 0 aliphatic carbocycles. The first-order chi connectivity index (χ1) is 6.93. The number of ether oxygens (including phenoxy) is 2. The minimum absolute atomic E-state index is 0.778. The number of hydrogen-bond donors (Lipinski definition) is 0. The molecule has 1 heterocycles. The topological polar surface area (TPSA) is 18.5 Å². The van der Waals surface area contributed by atoms with Crippen molar-refractivity contribution in [3.63, 3.8) is 0 Å². The third-order valence-corrected chi connectivity index (χ3v) is 2.00. The smallest absolute Gasteiger partial charge is 0.0701 e. The van der Waals surface area contributed by atoms with E-state index in [1.165, 1.54) is 5.56 Å². The maximum Gasteiger partial charge on any atom is 0.0701 e. The Hall–Kier alpha value is -0.860. The normalized spacial score (nSPS) is 15.5. The van der Waals surface area contributed by atoms with Crippen LogP contribution in [0, 0.1) is 0 Å². The van der Waals surface area contributed by atoms with Crippen LogP contribution >= 0.6 is 0 Å². The van der Waals surface area contributed by atoms with E-state index < -0.39 is 0 Å². The van der Waals surface area contributed by atoms with Crippen molar-refractivity contribution in [3.8, 4) is 0 Å². The van der Waals surface area contributed by atoms with Crippen LogP contribution < -0.4 is 0 Å². The molecule has 0 saturated carbocycles. The van der Waals surface area contributed by atoms with Crippen LogP contribution in [-0.4, -0.2) is 26.4 Å². The molecule has 0 bridgehead atoms. The Morgan fingerprint density at radius 3 is 1.71 bits per heavy atom. The highest BCUT2D eigenvalue weighted by atomic mass is 16.6. The number of benzene rings is 1. The van der Waals surface area contributed by atoms with Crippen LogP contribution in [0.2, 0.25) is 0 Å². The standard InChI is InChI=1S/C8H10.C4H8O2/c1-2-8-6-4-3-5-7-8;1-2-6-4-3-5-1/h3-7H,2H2,1H3;1-4H2. The summed E-state index contributed by atoms with van der Waals surface area (Å²) in [4.78, 5) is 0. The third kappa shape index (κ3) is 5.00. The fourth-order valence-electron chi connectivity index (χ4n) is 1.15. The average Bonchev–Trinajstić information content (AvgIpc) is 2.33. The molecule has 0 N–H and O–H groups in total. The number of hydrogen-bond acceptors (Lipinski definition) is 2. The van der Waals surface area contributed by atoms with E-state index in [1.807, 2.05) is 6.07 Å². The maximum atomic E-state index is 4.94. The molecule has 1 aliphatic rings. The van der Waals surface area contributed by atoms with Crippen molar-refractivity contribution in [2.24, 2.45) is 0 Å². The SMILES string of the molecule is C1COCCO1.CCc1ccccc1. The van der Waals surface area contributed by atoms with Crippen LogP contribution in [0.3, 0.4) is 0 Å². The predicted molar refractivity (Wildman–Crippen MR) is 57.5 cm³/mol. The summed E-state index contributed by atoms with van der Waals surface area (Å²) in [5.41, 5.74) is 1.41. The summed E-state index contributed by atoms with van der Waals surface area (Å²) < 4.78 is 9.89. The largest absolute Gasteiger partial charge is 0.377 e. The molecule has 1 aliphatic heterocycles. The van der Waals surface area contributed by atoms with Crippen LogP contribution in [0.1, 0.15) is 12.5 Å². The van der Waals surface area contributed by atoms with Crippen molar-refractivity contribution >= 4 is 0 Å². The van der Waals surface area contributed by atoms with Gasteiger partial charge in [0.05, 0.1) is 26.4 Å². The van der Waals surface area contributed by atoms with Gasteiger partial charge in [0.25, 0.3) is 0 Å². The Morgan fingerprint density at radius 2 is 1.43 bits per heavy atom. The van der Waals surface area contributed by atoms with Crippen molar-refractivity contribution in [2.75, 3.05) is 26.4 Å². The van der Waals surface area contributed by atoms with Gasteiger partial charge in [0.15, 0.2) is 0 Å². The van der Waals surface area contributed by atoms with Crippen LogP contribution in [-0.2, 0) is 15.9 Å². The van der Waals surface area contributed by atoms with Gasteiger partial charge in [0, 0.05) is 0 Å². The second-order valence-corrected chi connectivity index (χ2v) is 3.06. The summed E-state index contributed by atoms with van der Waals surface area (Å²) in [5, 5.41) is 0. The predicted octanol–water partition coefficient (Wildman–Crippen LogP) is 2.28. The average molecular weight is 194 g/mol. The second-order valence-electron chi connectivity index (χ2n) is 3.06. The lowest BCUT2D eigenvalue weighted by Crippen LogP contribution is -2.16. The fraction of sp³-hybridized carbons (Fsp3) is 0.500. The summed E-state index contributed by atoms with van der Waals surface area (Å²) in [6, 6.07) is 10.5. The van der Waals surface area contributed by atoms with Gasteiger partial charge in [-0.15, -0.1) is 0 Å². The molecule has 0 atom stereocenters. The summed E-state index contributed by atoms with van der Waals surface area (Å²) in [6.07, 6.45) is 1.14. The van der Waals surface area contributed by atoms with Crippen LogP contribution in [0.25, 0.3) is 0 Å². The van der Waals surface area contributed by atoms with E-state index in [4.69, 9.17) is 9.47 Å². The molecule has 1 aromatic rings. The lowest BCUT2D eigenvalue weighted by Gasteiger charge is -2.09. The summed E-state index contributed by atoms with van der Waals surface area (Å²) in [7, 11) is 0. The molecule has 78 valence electrons. The molecule has 0 aromatic heterocycles. The number of aryl methyl sites for hydroxylation is 1. The van der Waals surface area contributed by atoms with Crippen molar-refractivity contribution in [3.05, 3.63) is 35.9 Å².